The van der Waals surface area contributed by atoms with E-state index < -0.39 is 0 Å². The van der Waals surface area contributed by atoms with Crippen LogP contribution in [0.1, 0.15) is 26.7 Å². The van der Waals surface area contributed by atoms with Gasteiger partial charge in [0.15, 0.2) is 0 Å². The smallest absolute Gasteiger partial charge is 0.258 e. The fourth-order valence-corrected chi connectivity index (χ4v) is 4.29. The van der Waals surface area contributed by atoms with Crippen molar-refractivity contribution in [1.82, 2.24) is 4.98 Å². The molecule has 29 heavy (non-hydrogen) atoms. The summed E-state index contributed by atoms with van der Waals surface area (Å²) in [7, 11) is 0. The molecule has 4 aromatic rings. The second-order valence-corrected chi connectivity index (χ2v) is 7.59. The number of nitrogens with zero attached hydrogens (tertiary/aromatic N) is 1. The lowest BCUT2D eigenvalue weighted by Crippen LogP contribution is -2.14. The lowest BCUT2D eigenvalue weighted by atomic mass is 10.0. The Balaban J connectivity index is 1.66. The third kappa shape index (κ3) is 4.73. The third-order valence-electron chi connectivity index (χ3n) is 4.48. The number of pyridine rings is 1. The summed E-state index contributed by atoms with van der Waals surface area (Å²) in [6.45, 7) is 0. The van der Waals surface area contributed by atoms with Crippen LogP contribution in [0, 0.1) is 0 Å². The second kappa shape index (κ2) is 9.22. The van der Waals surface area contributed by atoms with Crippen molar-refractivity contribution >= 4 is 23.4 Å². The molecule has 4 rings (SSSR count). The fraction of sp³-hybridized carbons (Fsp3) is 0.0400. The predicted octanol–water partition coefficient (Wildman–Crippen LogP) is 6.22. The molecule has 0 fully saturated rings. The van der Waals surface area contributed by atoms with Crippen LogP contribution in [-0.2, 0) is 0 Å². The van der Waals surface area contributed by atoms with Crippen molar-refractivity contribution in [2.24, 2.45) is 0 Å². The minimum atomic E-state index is -0.160. The number of para-hydroxylation sites is 1. The van der Waals surface area contributed by atoms with Gasteiger partial charge in [-0.05, 0) is 35.4 Å². The normalized spacial score (nSPS) is 10.7. The predicted molar refractivity (Wildman–Crippen MR) is 119 cm³/mol. The van der Waals surface area contributed by atoms with Gasteiger partial charge in [0.2, 0.25) is 0 Å². The number of amides is 1. The molecule has 142 valence electrons. The summed E-state index contributed by atoms with van der Waals surface area (Å²) in [5.74, 6) is -0.160. The zero-order valence-corrected chi connectivity index (χ0v) is 16.5. The quantitative estimate of drug-likeness (QED) is 0.394. The Hall–Kier alpha value is -3.37. The van der Waals surface area contributed by atoms with Crippen LogP contribution in [0.4, 0.5) is 5.69 Å². The van der Waals surface area contributed by atoms with Crippen LogP contribution in [-0.4, -0.2) is 10.9 Å². The minimum absolute atomic E-state index is 0.0376. The first-order valence-corrected chi connectivity index (χ1v) is 10.3. The van der Waals surface area contributed by atoms with E-state index in [4.69, 9.17) is 0 Å². The van der Waals surface area contributed by atoms with E-state index in [2.05, 4.69) is 34.6 Å². The van der Waals surface area contributed by atoms with Crippen molar-refractivity contribution in [3.8, 4) is 0 Å². The van der Waals surface area contributed by atoms with Crippen LogP contribution in [0.5, 0.6) is 0 Å². The summed E-state index contributed by atoms with van der Waals surface area (Å²) >= 11 is 1.59. The van der Waals surface area contributed by atoms with Gasteiger partial charge in [0.25, 0.3) is 5.91 Å². The average molecular weight is 397 g/mol. The molecule has 3 nitrogen and oxygen atoms in total. The first-order valence-electron chi connectivity index (χ1n) is 9.39. The maximum atomic E-state index is 12.9. The molecule has 1 N–H and O–H groups in total. The molecule has 1 aromatic heterocycles. The Morgan fingerprint density at radius 3 is 1.86 bits per heavy atom. The topological polar surface area (TPSA) is 42.0 Å². The summed E-state index contributed by atoms with van der Waals surface area (Å²) < 4.78 is 0. The molecule has 1 heterocycles. The van der Waals surface area contributed by atoms with Gasteiger partial charge in [0.1, 0.15) is 5.03 Å². The summed E-state index contributed by atoms with van der Waals surface area (Å²) in [6, 6.07) is 33.7. The fourth-order valence-electron chi connectivity index (χ4n) is 3.07. The van der Waals surface area contributed by atoms with E-state index in [1.807, 2.05) is 72.8 Å². The molecule has 0 unspecified atom stereocenters. The molecule has 0 spiro atoms. The van der Waals surface area contributed by atoms with Crippen molar-refractivity contribution in [2.75, 3.05) is 5.32 Å². The van der Waals surface area contributed by atoms with E-state index in [0.717, 1.165) is 5.69 Å². The van der Waals surface area contributed by atoms with Crippen molar-refractivity contribution in [3.63, 3.8) is 0 Å². The van der Waals surface area contributed by atoms with Crippen LogP contribution in [0.3, 0.4) is 0 Å². The standard InChI is InChI=1S/C25H20N2OS/c28-24(27-21-15-8-3-9-16-21)22-17-10-18-26-25(22)29-23(19-11-4-1-5-12-19)20-13-6-2-7-14-20/h1-18,23H,(H,27,28). The van der Waals surface area contributed by atoms with E-state index >= 15 is 0 Å². The molecule has 0 radical (unpaired) electrons. The zero-order chi connectivity index (χ0) is 19.9. The van der Waals surface area contributed by atoms with Crippen molar-refractivity contribution in [2.45, 2.75) is 10.3 Å². The van der Waals surface area contributed by atoms with E-state index in [1.165, 1.54) is 11.1 Å². The maximum Gasteiger partial charge on any atom is 0.258 e. The van der Waals surface area contributed by atoms with E-state index in [-0.39, 0.29) is 11.2 Å². The number of thioether (sulfide) groups is 1. The SMILES string of the molecule is O=C(Nc1ccccc1)c1cccnc1SC(c1ccccc1)c1ccccc1. The van der Waals surface area contributed by atoms with Gasteiger partial charge in [0.05, 0.1) is 10.8 Å². The van der Waals surface area contributed by atoms with Gasteiger partial charge in [-0.15, -0.1) is 0 Å². The number of hydrogen-bond acceptors (Lipinski definition) is 3. The zero-order valence-electron chi connectivity index (χ0n) is 15.7. The van der Waals surface area contributed by atoms with Crippen LogP contribution >= 0.6 is 11.8 Å². The molecule has 0 bridgehead atoms. The minimum Gasteiger partial charge on any atom is -0.322 e. The molecular formula is C25H20N2OS. The number of aromatic nitrogens is 1. The Labute approximate surface area is 174 Å². The average Bonchev–Trinajstić information content (AvgIpc) is 2.79. The van der Waals surface area contributed by atoms with E-state index in [9.17, 15) is 4.79 Å². The van der Waals surface area contributed by atoms with Crippen molar-refractivity contribution < 1.29 is 4.79 Å². The number of benzene rings is 3. The summed E-state index contributed by atoms with van der Waals surface area (Å²) in [5, 5.41) is 3.70. The molecule has 0 saturated carbocycles. The second-order valence-electron chi connectivity index (χ2n) is 6.50. The number of hydrogen-bond donors (Lipinski definition) is 1. The van der Waals surface area contributed by atoms with Crippen molar-refractivity contribution in [1.29, 1.82) is 0 Å². The van der Waals surface area contributed by atoms with Gasteiger partial charge in [0, 0.05) is 11.9 Å². The van der Waals surface area contributed by atoms with Crippen LogP contribution < -0.4 is 5.32 Å². The van der Waals surface area contributed by atoms with Gasteiger partial charge in [-0.2, -0.15) is 0 Å². The number of carbonyl (C=O) groups excluding carboxylic acids is 1. The summed E-state index contributed by atoms with van der Waals surface area (Å²) in [6.07, 6.45) is 1.73. The summed E-state index contributed by atoms with van der Waals surface area (Å²) in [4.78, 5) is 17.5. The molecule has 3 aromatic carbocycles. The van der Waals surface area contributed by atoms with Gasteiger partial charge in [-0.25, -0.2) is 4.98 Å². The first-order chi connectivity index (χ1) is 14.3. The maximum absolute atomic E-state index is 12.9. The molecule has 0 aliphatic carbocycles. The molecular weight excluding hydrogens is 376 g/mol. The lowest BCUT2D eigenvalue weighted by molar-refractivity contribution is 0.102. The Kier molecular flexibility index (Phi) is 6.03. The number of anilines is 1. The molecule has 0 atom stereocenters. The molecule has 0 aliphatic heterocycles. The Morgan fingerprint density at radius 2 is 1.28 bits per heavy atom. The van der Waals surface area contributed by atoms with E-state index in [1.54, 1.807) is 24.0 Å². The van der Waals surface area contributed by atoms with Crippen molar-refractivity contribution in [3.05, 3.63) is 126 Å². The highest BCUT2D eigenvalue weighted by molar-refractivity contribution is 7.99. The number of nitrogens with one attached hydrogen (secondary N) is 1. The monoisotopic (exact) mass is 396 g/mol. The van der Waals surface area contributed by atoms with Crippen LogP contribution in [0.2, 0.25) is 0 Å². The molecule has 0 saturated heterocycles. The number of rotatable bonds is 6. The highest BCUT2D eigenvalue weighted by atomic mass is 32.2. The summed E-state index contributed by atoms with van der Waals surface area (Å²) in [5.41, 5.74) is 3.67. The molecule has 4 heteroatoms. The molecule has 1 amide bonds. The van der Waals surface area contributed by atoms with Gasteiger partial charge in [-0.3, -0.25) is 4.79 Å². The Morgan fingerprint density at radius 1 is 0.724 bits per heavy atom. The highest BCUT2D eigenvalue weighted by Gasteiger charge is 2.20. The van der Waals surface area contributed by atoms with Gasteiger partial charge >= 0.3 is 0 Å². The lowest BCUT2D eigenvalue weighted by Gasteiger charge is -2.18. The first kappa shape index (κ1) is 19.0. The largest absolute Gasteiger partial charge is 0.322 e. The van der Waals surface area contributed by atoms with Gasteiger partial charge < -0.3 is 5.32 Å². The van der Waals surface area contributed by atoms with Crippen LogP contribution in [0.15, 0.2) is 114 Å². The highest BCUT2D eigenvalue weighted by Crippen LogP contribution is 2.40. The van der Waals surface area contributed by atoms with E-state index in [0.29, 0.717) is 10.6 Å². The Bertz CT molecular complexity index is 1030. The molecule has 0 aliphatic rings. The number of carbonyl (C=O) groups is 1. The van der Waals surface area contributed by atoms with Crippen LogP contribution in [0.25, 0.3) is 0 Å². The third-order valence-corrected chi connectivity index (χ3v) is 5.81. The van der Waals surface area contributed by atoms with Gasteiger partial charge in [-0.1, -0.05) is 90.6 Å².